The maximum Gasteiger partial charge on any atom is 0.319 e. The van der Waals surface area contributed by atoms with Crippen LogP contribution in [0, 0.1) is 6.92 Å². The van der Waals surface area contributed by atoms with Gasteiger partial charge in [0.05, 0.1) is 6.54 Å². The Balaban J connectivity index is 1.43. The number of amides is 3. The standard InChI is InChI=1S/C23H29N3O2/c1-17-7-6-10-20(15-17)25-23(28)24-16-22(27)26(2)21-13-11-19(12-14-21)18-8-4-3-5-9-18/h3-10,15,19,21H,11-14,16H2,1-2H3,(H2,24,25,28). The van der Waals surface area contributed by atoms with Gasteiger partial charge in [-0.2, -0.15) is 0 Å². The maximum absolute atomic E-state index is 12.5. The van der Waals surface area contributed by atoms with E-state index in [0.717, 1.165) is 36.9 Å². The highest BCUT2D eigenvalue weighted by Crippen LogP contribution is 2.34. The fourth-order valence-electron chi connectivity index (χ4n) is 3.90. The van der Waals surface area contributed by atoms with Crippen molar-refractivity contribution in [2.24, 2.45) is 0 Å². The lowest BCUT2D eigenvalue weighted by atomic mass is 9.81. The molecule has 2 aromatic carbocycles. The van der Waals surface area contributed by atoms with Crippen LogP contribution in [-0.4, -0.2) is 36.5 Å². The molecule has 5 heteroatoms. The van der Waals surface area contributed by atoms with Gasteiger partial charge in [0.1, 0.15) is 0 Å². The van der Waals surface area contributed by atoms with Crippen molar-refractivity contribution in [3.63, 3.8) is 0 Å². The summed E-state index contributed by atoms with van der Waals surface area (Å²) in [6.45, 7) is 1.97. The number of rotatable bonds is 5. The molecule has 0 radical (unpaired) electrons. The summed E-state index contributed by atoms with van der Waals surface area (Å²) in [7, 11) is 1.84. The Morgan fingerprint density at radius 3 is 2.39 bits per heavy atom. The molecule has 0 unspecified atom stereocenters. The molecule has 148 valence electrons. The molecule has 0 atom stereocenters. The summed E-state index contributed by atoms with van der Waals surface area (Å²) >= 11 is 0. The number of hydrogen-bond acceptors (Lipinski definition) is 2. The summed E-state index contributed by atoms with van der Waals surface area (Å²) in [4.78, 5) is 26.3. The van der Waals surface area contributed by atoms with Gasteiger partial charge in [0.2, 0.25) is 5.91 Å². The van der Waals surface area contributed by atoms with Gasteiger partial charge in [-0.3, -0.25) is 4.79 Å². The molecule has 2 aromatic rings. The predicted molar refractivity (Wildman–Crippen MR) is 112 cm³/mol. The lowest BCUT2D eigenvalue weighted by Crippen LogP contribution is -2.45. The molecule has 0 spiro atoms. The number of benzene rings is 2. The minimum atomic E-state index is -0.361. The molecule has 3 amide bonds. The van der Waals surface area contributed by atoms with Gasteiger partial charge in [-0.1, -0.05) is 42.5 Å². The van der Waals surface area contributed by atoms with Crippen molar-refractivity contribution >= 4 is 17.6 Å². The van der Waals surface area contributed by atoms with E-state index in [2.05, 4.69) is 34.9 Å². The number of carbonyl (C=O) groups excluding carboxylic acids is 2. The van der Waals surface area contributed by atoms with E-state index >= 15 is 0 Å². The second-order valence-corrected chi connectivity index (χ2v) is 7.60. The number of carbonyl (C=O) groups is 2. The molecule has 2 N–H and O–H groups in total. The highest BCUT2D eigenvalue weighted by molar-refractivity contribution is 5.92. The number of nitrogens with one attached hydrogen (secondary N) is 2. The fourth-order valence-corrected chi connectivity index (χ4v) is 3.90. The smallest absolute Gasteiger partial charge is 0.319 e. The van der Waals surface area contributed by atoms with Gasteiger partial charge in [-0.15, -0.1) is 0 Å². The molecule has 1 saturated carbocycles. The van der Waals surface area contributed by atoms with Crippen LogP contribution in [0.5, 0.6) is 0 Å². The Bertz CT molecular complexity index is 799. The van der Waals surface area contributed by atoms with E-state index in [9.17, 15) is 9.59 Å². The lowest BCUT2D eigenvalue weighted by molar-refractivity contribution is -0.131. The Kier molecular flexibility index (Phi) is 6.69. The highest BCUT2D eigenvalue weighted by atomic mass is 16.2. The second kappa shape index (κ2) is 9.40. The van der Waals surface area contributed by atoms with Gasteiger partial charge in [-0.05, 0) is 61.8 Å². The van der Waals surface area contributed by atoms with Crippen LogP contribution >= 0.6 is 0 Å². The molecule has 28 heavy (non-hydrogen) atoms. The minimum absolute atomic E-state index is 0.00671. The zero-order chi connectivity index (χ0) is 19.9. The lowest BCUT2D eigenvalue weighted by Gasteiger charge is -2.35. The highest BCUT2D eigenvalue weighted by Gasteiger charge is 2.27. The topological polar surface area (TPSA) is 61.4 Å². The van der Waals surface area contributed by atoms with E-state index in [1.807, 2.05) is 44.3 Å². The Morgan fingerprint density at radius 1 is 1.00 bits per heavy atom. The van der Waals surface area contributed by atoms with Crippen molar-refractivity contribution in [2.75, 3.05) is 18.9 Å². The van der Waals surface area contributed by atoms with Gasteiger partial charge < -0.3 is 15.5 Å². The Labute approximate surface area is 167 Å². The summed E-state index contributed by atoms with van der Waals surface area (Å²) in [5, 5.41) is 5.42. The summed E-state index contributed by atoms with van der Waals surface area (Å²) < 4.78 is 0. The zero-order valence-electron chi connectivity index (χ0n) is 16.7. The van der Waals surface area contributed by atoms with Crippen LogP contribution in [0.15, 0.2) is 54.6 Å². The molecule has 1 fully saturated rings. The number of anilines is 1. The average molecular weight is 380 g/mol. The second-order valence-electron chi connectivity index (χ2n) is 7.60. The van der Waals surface area contributed by atoms with Crippen LogP contribution < -0.4 is 10.6 Å². The molecule has 5 nitrogen and oxygen atoms in total. The summed E-state index contributed by atoms with van der Waals surface area (Å²) in [5.41, 5.74) is 3.18. The quantitative estimate of drug-likeness (QED) is 0.814. The first-order valence-electron chi connectivity index (χ1n) is 9.95. The fraction of sp³-hybridized carbons (Fsp3) is 0.391. The van der Waals surface area contributed by atoms with Crippen LogP contribution in [0.1, 0.15) is 42.7 Å². The van der Waals surface area contributed by atoms with Crippen LogP contribution in [0.3, 0.4) is 0 Å². The average Bonchev–Trinajstić information content (AvgIpc) is 2.72. The third-order valence-corrected chi connectivity index (χ3v) is 5.58. The van der Waals surface area contributed by atoms with E-state index in [0.29, 0.717) is 5.92 Å². The molecule has 0 aromatic heterocycles. The first-order chi connectivity index (χ1) is 13.5. The van der Waals surface area contributed by atoms with Gasteiger partial charge in [0.25, 0.3) is 0 Å². The van der Waals surface area contributed by atoms with E-state index in [4.69, 9.17) is 0 Å². The van der Waals surface area contributed by atoms with Crippen LogP contribution in [0.4, 0.5) is 10.5 Å². The van der Waals surface area contributed by atoms with E-state index < -0.39 is 0 Å². The van der Waals surface area contributed by atoms with E-state index in [1.165, 1.54) is 5.56 Å². The van der Waals surface area contributed by atoms with Crippen LogP contribution in [-0.2, 0) is 4.79 Å². The number of nitrogens with zero attached hydrogens (tertiary/aromatic N) is 1. The SMILES string of the molecule is Cc1cccc(NC(=O)NCC(=O)N(C)C2CCC(c3ccccc3)CC2)c1. The maximum atomic E-state index is 12.5. The van der Waals surface area contributed by atoms with Crippen molar-refractivity contribution < 1.29 is 9.59 Å². The third-order valence-electron chi connectivity index (χ3n) is 5.58. The molecule has 1 aliphatic rings. The van der Waals surface area contributed by atoms with Crippen molar-refractivity contribution in [3.8, 4) is 0 Å². The molecule has 0 heterocycles. The predicted octanol–water partition coefficient (Wildman–Crippen LogP) is 4.30. The van der Waals surface area contributed by atoms with Crippen LogP contribution in [0.25, 0.3) is 0 Å². The van der Waals surface area contributed by atoms with Crippen molar-refractivity contribution in [2.45, 2.75) is 44.6 Å². The normalized spacial score (nSPS) is 18.9. The molecular formula is C23H29N3O2. The first kappa shape index (κ1) is 19.9. The third kappa shape index (κ3) is 5.35. The van der Waals surface area contributed by atoms with E-state index in [1.54, 1.807) is 4.90 Å². The zero-order valence-corrected chi connectivity index (χ0v) is 16.7. The minimum Gasteiger partial charge on any atom is -0.341 e. The largest absolute Gasteiger partial charge is 0.341 e. The molecule has 0 bridgehead atoms. The molecule has 0 aliphatic heterocycles. The number of hydrogen-bond donors (Lipinski definition) is 2. The van der Waals surface area contributed by atoms with Crippen LogP contribution in [0.2, 0.25) is 0 Å². The summed E-state index contributed by atoms with van der Waals surface area (Å²) in [5.74, 6) is 0.529. The molecule has 1 aliphatic carbocycles. The number of likely N-dealkylation sites (N-methyl/N-ethyl adjacent to an activating group) is 1. The van der Waals surface area contributed by atoms with Gasteiger partial charge in [0.15, 0.2) is 0 Å². The molecule has 3 rings (SSSR count). The van der Waals surface area contributed by atoms with Gasteiger partial charge >= 0.3 is 6.03 Å². The van der Waals surface area contributed by atoms with Crippen molar-refractivity contribution in [1.82, 2.24) is 10.2 Å². The van der Waals surface area contributed by atoms with E-state index in [-0.39, 0.29) is 24.5 Å². The first-order valence-corrected chi connectivity index (χ1v) is 9.95. The van der Waals surface area contributed by atoms with Gasteiger partial charge in [0, 0.05) is 18.8 Å². The summed E-state index contributed by atoms with van der Waals surface area (Å²) in [6, 6.07) is 18.1. The van der Waals surface area contributed by atoms with Crippen molar-refractivity contribution in [1.29, 1.82) is 0 Å². The van der Waals surface area contributed by atoms with Crippen molar-refractivity contribution in [3.05, 3.63) is 65.7 Å². The number of urea groups is 1. The molecular weight excluding hydrogens is 350 g/mol. The Hall–Kier alpha value is -2.82. The Morgan fingerprint density at radius 2 is 1.71 bits per heavy atom. The monoisotopic (exact) mass is 379 g/mol. The summed E-state index contributed by atoms with van der Waals surface area (Å²) in [6.07, 6.45) is 4.18. The molecule has 0 saturated heterocycles. The van der Waals surface area contributed by atoms with Gasteiger partial charge in [-0.25, -0.2) is 4.79 Å². The number of aryl methyl sites for hydroxylation is 1.